The molecular weight excluding hydrogens is 128 g/mol. The summed E-state index contributed by atoms with van der Waals surface area (Å²) in [5.74, 6) is 5.97. The molecule has 0 aliphatic carbocycles. The molecular formula is C8H12O2. The van der Waals surface area contributed by atoms with Gasteiger partial charge in [0.05, 0.1) is 19.3 Å². The molecule has 0 amide bonds. The molecule has 2 unspecified atom stereocenters. The van der Waals surface area contributed by atoms with Crippen molar-refractivity contribution in [3.63, 3.8) is 0 Å². The molecule has 1 rings (SSSR count). The first kappa shape index (κ1) is 7.59. The van der Waals surface area contributed by atoms with Crippen LogP contribution in [-0.2, 0) is 4.74 Å². The summed E-state index contributed by atoms with van der Waals surface area (Å²) in [7, 11) is 0. The van der Waals surface area contributed by atoms with Crippen LogP contribution in [0.1, 0.15) is 13.3 Å². The monoisotopic (exact) mass is 140 g/mol. The molecule has 0 aromatic rings. The second kappa shape index (κ2) is 3.60. The number of hydrogen-bond donors (Lipinski definition) is 1. The lowest BCUT2D eigenvalue weighted by atomic mass is 10.0. The Morgan fingerprint density at radius 1 is 1.60 bits per heavy atom. The van der Waals surface area contributed by atoms with Crippen molar-refractivity contribution < 1.29 is 9.84 Å². The number of hydrogen-bond acceptors (Lipinski definition) is 2. The Bertz CT molecular complexity index is 154. The van der Waals surface area contributed by atoms with E-state index >= 15 is 0 Å². The van der Waals surface area contributed by atoms with E-state index in [0.717, 1.165) is 6.42 Å². The van der Waals surface area contributed by atoms with Crippen molar-refractivity contribution in [1.82, 2.24) is 0 Å². The topological polar surface area (TPSA) is 29.5 Å². The highest BCUT2D eigenvalue weighted by atomic mass is 16.5. The van der Waals surface area contributed by atoms with Gasteiger partial charge in [-0.3, -0.25) is 0 Å². The van der Waals surface area contributed by atoms with Crippen molar-refractivity contribution in [2.75, 3.05) is 13.2 Å². The summed E-state index contributed by atoms with van der Waals surface area (Å²) in [5, 5.41) is 9.22. The fraction of sp³-hybridized carbons (Fsp3) is 0.750. The van der Waals surface area contributed by atoms with Crippen LogP contribution in [0.5, 0.6) is 0 Å². The quantitative estimate of drug-likeness (QED) is 0.534. The second-order valence-corrected chi connectivity index (χ2v) is 2.50. The Hall–Kier alpha value is -0.520. The maximum Gasteiger partial charge on any atom is 0.0832 e. The van der Waals surface area contributed by atoms with Gasteiger partial charge in [0.15, 0.2) is 0 Å². The molecule has 1 heterocycles. The van der Waals surface area contributed by atoms with Gasteiger partial charge < -0.3 is 9.84 Å². The van der Waals surface area contributed by atoms with Gasteiger partial charge in [0.1, 0.15) is 0 Å². The first-order valence-corrected chi connectivity index (χ1v) is 3.50. The van der Waals surface area contributed by atoms with Crippen LogP contribution in [-0.4, -0.2) is 24.4 Å². The van der Waals surface area contributed by atoms with Crippen molar-refractivity contribution >= 4 is 0 Å². The van der Waals surface area contributed by atoms with E-state index in [1.54, 1.807) is 0 Å². The molecule has 1 fully saturated rings. The number of rotatable bonds is 1. The van der Waals surface area contributed by atoms with Gasteiger partial charge in [0, 0.05) is 12.3 Å². The summed E-state index contributed by atoms with van der Waals surface area (Å²) >= 11 is 0. The zero-order valence-corrected chi connectivity index (χ0v) is 6.13. The van der Waals surface area contributed by atoms with E-state index in [-0.39, 0.29) is 12.0 Å². The third-order valence-corrected chi connectivity index (χ3v) is 1.71. The predicted molar refractivity (Wildman–Crippen MR) is 38.4 cm³/mol. The van der Waals surface area contributed by atoms with Gasteiger partial charge in [-0.1, -0.05) is 0 Å². The lowest BCUT2D eigenvalue weighted by Crippen LogP contribution is -2.16. The average molecular weight is 140 g/mol. The zero-order valence-electron chi connectivity index (χ0n) is 6.13. The molecule has 2 heteroatoms. The van der Waals surface area contributed by atoms with E-state index in [1.165, 1.54) is 0 Å². The molecule has 0 spiro atoms. The van der Waals surface area contributed by atoms with Crippen molar-refractivity contribution in [2.45, 2.75) is 19.4 Å². The summed E-state index contributed by atoms with van der Waals surface area (Å²) in [6.45, 7) is 2.95. The van der Waals surface area contributed by atoms with Crippen molar-refractivity contribution in [2.24, 2.45) is 5.92 Å². The average Bonchev–Trinajstić information content (AvgIpc) is 2.31. The highest BCUT2D eigenvalue weighted by molar-refractivity contribution is 4.98. The lowest BCUT2D eigenvalue weighted by molar-refractivity contribution is 0.119. The Kier molecular flexibility index (Phi) is 2.73. The van der Waals surface area contributed by atoms with Gasteiger partial charge in [0.25, 0.3) is 0 Å². The molecule has 0 saturated carbocycles. The second-order valence-electron chi connectivity index (χ2n) is 2.50. The van der Waals surface area contributed by atoms with Crippen molar-refractivity contribution in [3.05, 3.63) is 0 Å². The highest BCUT2D eigenvalue weighted by Crippen LogP contribution is 2.15. The lowest BCUT2D eigenvalue weighted by Gasteiger charge is -2.06. The van der Waals surface area contributed by atoms with Crippen LogP contribution >= 0.6 is 0 Å². The Morgan fingerprint density at radius 3 is 2.90 bits per heavy atom. The molecule has 0 aromatic carbocycles. The predicted octanol–water partition coefficient (Wildman–Crippen LogP) is 0.407. The molecule has 2 atom stereocenters. The standard InChI is InChI=1S/C8H12O2/c1-2-3-4-7-5-10-6-8(7)9/h7-9H,4-6H2,1H3. The minimum atomic E-state index is -0.291. The van der Waals surface area contributed by atoms with Crippen LogP contribution in [0.3, 0.4) is 0 Å². The van der Waals surface area contributed by atoms with Gasteiger partial charge in [-0.05, 0) is 6.92 Å². The number of ether oxygens (including phenoxy) is 1. The minimum Gasteiger partial charge on any atom is -0.390 e. The molecule has 1 saturated heterocycles. The maximum atomic E-state index is 9.22. The normalized spacial score (nSPS) is 31.4. The van der Waals surface area contributed by atoms with Gasteiger partial charge in [0.2, 0.25) is 0 Å². The van der Waals surface area contributed by atoms with E-state index in [4.69, 9.17) is 4.74 Å². The number of aliphatic hydroxyl groups excluding tert-OH is 1. The van der Waals surface area contributed by atoms with Gasteiger partial charge in [-0.25, -0.2) is 0 Å². The summed E-state index contributed by atoms with van der Waals surface area (Å²) in [6.07, 6.45) is 0.471. The summed E-state index contributed by atoms with van der Waals surface area (Å²) in [6, 6.07) is 0. The van der Waals surface area contributed by atoms with E-state index in [9.17, 15) is 5.11 Å². The van der Waals surface area contributed by atoms with Crippen LogP contribution in [0.4, 0.5) is 0 Å². The Balaban J connectivity index is 2.31. The molecule has 1 aliphatic heterocycles. The van der Waals surface area contributed by atoms with Crippen LogP contribution < -0.4 is 0 Å². The molecule has 0 aromatic heterocycles. The highest BCUT2D eigenvalue weighted by Gasteiger charge is 2.24. The number of aliphatic hydroxyl groups is 1. The van der Waals surface area contributed by atoms with E-state index in [0.29, 0.717) is 13.2 Å². The minimum absolute atomic E-state index is 0.243. The smallest absolute Gasteiger partial charge is 0.0832 e. The Morgan fingerprint density at radius 2 is 2.40 bits per heavy atom. The van der Waals surface area contributed by atoms with E-state index in [1.807, 2.05) is 6.92 Å². The zero-order chi connectivity index (χ0) is 7.40. The van der Waals surface area contributed by atoms with E-state index in [2.05, 4.69) is 11.8 Å². The molecule has 1 N–H and O–H groups in total. The van der Waals surface area contributed by atoms with E-state index < -0.39 is 0 Å². The van der Waals surface area contributed by atoms with Crippen LogP contribution in [0, 0.1) is 17.8 Å². The molecule has 1 aliphatic rings. The summed E-state index contributed by atoms with van der Waals surface area (Å²) in [5.41, 5.74) is 0. The largest absolute Gasteiger partial charge is 0.390 e. The fourth-order valence-electron chi connectivity index (χ4n) is 1.02. The molecule has 0 radical (unpaired) electrons. The molecule has 2 nitrogen and oxygen atoms in total. The van der Waals surface area contributed by atoms with Crippen LogP contribution in [0.2, 0.25) is 0 Å². The van der Waals surface area contributed by atoms with Gasteiger partial charge in [-0.2, -0.15) is 0 Å². The van der Waals surface area contributed by atoms with Gasteiger partial charge >= 0.3 is 0 Å². The third-order valence-electron chi connectivity index (χ3n) is 1.71. The molecule has 56 valence electrons. The van der Waals surface area contributed by atoms with Crippen molar-refractivity contribution in [3.8, 4) is 11.8 Å². The molecule has 10 heavy (non-hydrogen) atoms. The summed E-state index contributed by atoms with van der Waals surface area (Å²) < 4.78 is 5.05. The fourth-order valence-corrected chi connectivity index (χ4v) is 1.02. The third kappa shape index (κ3) is 1.73. The Labute approximate surface area is 61.2 Å². The summed E-state index contributed by atoms with van der Waals surface area (Å²) in [4.78, 5) is 0. The first-order chi connectivity index (χ1) is 4.84. The van der Waals surface area contributed by atoms with Crippen molar-refractivity contribution in [1.29, 1.82) is 0 Å². The SMILES string of the molecule is CC#CCC1COCC1O. The van der Waals surface area contributed by atoms with Crippen LogP contribution in [0.25, 0.3) is 0 Å². The first-order valence-electron chi connectivity index (χ1n) is 3.50. The molecule has 0 bridgehead atoms. The van der Waals surface area contributed by atoms with Crippen LogP contribution in [0.15, 0.2) is 0 Å². The van der Waals surface area contributed by atoms with Gasteiger partial charge in [-0.15, -0.1) is 11.8 Å². The maximum absolute atomic E-state index is 9.22.